The fourth-order valence-electron chi connectivity index (χ4n) is 1.48. The highest BCUT2D eigenvalue weighted by Gasteiger charge is 2.12. The molecule has 1 N–H and O–H groups in total. The Kier molecular flexibility index (Phi) is 4.89. The van der Waals surface area contributed by atoms with Crippen LogP contribution in [-0.2, 0) is 0 Å². The van der Waals surface area contributed by atoms with Crippen molar-refractivity contribution in [1.82, 2.24) is 15.0 Å². The van der Waals surface area contributed by atoms with Gasteiger partial charge in [0, 0.05) is 20.6 Å². The number of rotatable bonds is 5. The van der Waals surface area contributed by atoms with Crippen LogP contribution in [0, 0.1) is 11.6 Å². The predicted molar refractivity (Wildman–Crippen MR) is 78.8 cm³/mol. The molecule has 21 heavy (non-hydrogen) atoms. The van der Waals surface area contributed by atoms with Crippen LogP contribution >= 0.6 is 11.8 Å². The van der Waals surface area contributed by atoms with E-state index in [1.807, 2.05) is 6.92 Å². The average Bonchev–Trinajstić information content (AvgIpc) is 2.43. The van der Waals surface area contributed by atoms with E-state index >= 15 is 0 Å². The van der Waals surface area contributed by atoms with E-state index in [0.717, 1.165) is 30.0 Å². The summed E-state index contributed by atoms with van der Waals surface area (Å²) in [5.74, 6) is -0.179. The maximum atomic E-state index is 13.7. The molecule has 2 aromatic rings. The van der Waals surface area contributed by atoms with Crippen LogP contribution in [0.25, 0.3) is 0 Å². The largest absolute Gasteiger partial charge is 0.354 e. The van der Waals surface area contributed by atoms with Gasteiger partial charge in [0.2, 0.25) is 11.9 Å². The summed E-state index contributed by atoms with van der Waals surface area (Å²) in [5, 5.41) is 3.29. The van der Waals surface area contributed by atoms with E-state index in [4.69, 9.17) is 0 Å². The predicted octanol–water partition coefficient (Wildman–Crippen LogP) is 2.80. The second-order valence-corrected chi connectivity index (χ2v) is 5.35. The van der Waals surface area contributed by atoms with E-state index in [9.17, 15) is 8.78 Å². The standard InChI is InChI=1S/C13H15F2N5S/c1-4-16-11-17-12(20(2)3)19-13(18-11)21-10-7-8(14)5-6-9(10)15/h5-7H,4H2,1-3H3,(H,16,17,18,19). The molecule has 1 heterocycles. The van der Waals surface area contributed by atoms with Crippen LogP contribution in [0.5, 0.6) is 0 Å². The Balaban J connectivity index is 2.36. The Morgan fingerprint density at radius 3 is 2.62 bits per heavy atom. The third-order valence-electron chi connectivity index (χ3n) is 2.43. The number of benzene rings is 1. The van der Waals surface area contributed by atoms with Gasteiger partial charge in [-0.2, -0.15) is 15.0 Å². The molecule has 0 radical (unpaired) electrons. The van der Waals surface area contributed by atoms with Crippen LogP contribution in [0.3, 0.4) is 0 Å². The smallest absolute Gasteiger partial charge is 0.230 e. The maximum absolute atomic E-state index is 13.7. The highest BCUT2D eigenvalue weighted by molar-refractivity contribution is 7.99. The first-order valence-electron chi connectivity index (χ1n) is 6.29. The monoisotopic (exact) mass is 311 g/mol. The number of halogens is 2. The van der Waals surface area contributed by atoms with Gasteiger partial charge in [-0.3, -0.25) is 0 Å². The summed E-state index contributed by atoms with van der Waals surface area (Å²) in [5.41, 5.74) is 0. The van der Waals surface area contributed by atoms with Crippen molar-refractivity contribution in [1.29, 1.82) is 0 Å². The van der Waals surface area contributed by atoms with Crippen molar-refractivity contribution >= 4 is 23.7 Å². The number of hydrogen-bond acceptors (Lipinski definition) is 6. The summed E-state index contributed by atoms with van der Waals surface area (Å²) < 4.78 is 26.9. The fourth-order valence-corrected chi connectivity index (χ4v) is 2.28. The maximum Gasteiger partial charge on any atom is 0.230 e. The van der Waals surface area contributed by atoms with E-state index in [1.165, 1.54) is 0 Å². The van der Waals surface area contributed by atoms with Gasteiger partial charge >= 0.3 is 0 Å². The van der Waals surface area contributed by atoms with Gasteiger partial charge in [-0.1, -0.05) is 0 Å². The first-order valence-corrected chi connectivity index (χ1v) is 7.11. The van der Waals surface area contributed by atoms with Crippen molar-refractivity contribution in [3.05, 3.63) is 29.8 Å². The lowest BCUT2D eigenvalue weighted by molar-refractivity contribution is 0.577. The van der Waals surface area contributed by atoms with Crippen LogP contribution < -0.4 is 10.2 Å². The molecule has 0 bridgehead atoms. The fraction of sp³-hybridized carbons (Fsp3) is 0.308. The molecule has 5 nitrogen and oxygen atoms in total. The third-order valence-corrected chi connectivity index (χ3v) is 3.33. The number of anilines is 2. The normalized spacial score (nSPS) is 10.5. The Morgan fingerprint density at radius 1 is 1.19 bits per heavy atom. The van der Waals surface area contributed by atoms with Crippen molar-refractivity contribution in [2.75, 3.05) is 30.9 Å². The summed E-state index contributed by atoms with van der Waals surface area (Å²) in [6.45, 7) is 2.56. The summed E-state index contributed by atoms with van der Waals surface area (Å²) in [6.07, 6.45) is 0. The third kappa shape index (κ3) is 4.01. The number of aromatic nitrogens is 3. The molecule has 0 aliphatic rings. The lowest BCUT2D eigenvalue weighted by Crippen LogP contribution is -2.15. The summed E-state index contributed by atoms with van der Waals surface area (Å²) in [7, 11) is 3.59. The zero-order valence-electron chi connectivity index (χ0n) is 11.9. The van der Waals surface area contributed by atoms with E-state index in [-0.39, 0.29) is 4.90 Å². The van der Waals surface area contributed by atoms with Crippen LogP contribution in [0.4, 0.5) is 20.7 Å². The van der Waals surface area contributed by atoms with Gasteiger partial charge in [-0.25, -0.2) is 8.78 Å². The Hall–Kier alpha value is -1.96. The molecule has 8 heteroatoms. The minimum Gasteiger partial charge on any atom is -0.354 e. The molecule has 0 amide bonds. The number of nitrogens with one attached hydrogen (secondary N) is 1. The first kappa shape index (κ1) is 15.4. The molecular weight excluding hydrogens is 296 g/mol. The molecule has 0 saturated carbocycles. The molecule has 0 saturated heterocycles. The summed E-state index contributed by atoms with van der Waals surface area (Å²) in [6, 6.07) is 3.27. The lowest BCUT2D eigenvalue weighted by Gasteiger charge is -2.12. The van der Waals surface area contributed by atoms with Crippen LogP contribution in [0.15, 0.2) is 28.3 Å². The molecular formula is C13H15F2N5S. The van der Waals surface area contributed by atoms with Gasteiger partial charge in [0.15, 0.2) is 5.16 Å². The van der Waals surface area contributed by atoms with Gasteiger partial charge in [-0.15, -0.1) is 0 Å². The van der Waals surface area contributed by atoms with E-state index in [1.54, 1.807) is 19.0 Å². The van der Waals surface area contributed by atoms with Gasteiger partial charge in [0.1, 0.15) is 11.6 Å². The second kappa shape index (κ2) is 6.66. The topological polar surface area (TPSA) is 53.9 Å². The van der Waals surface area contributed by atoms with Gasteiger partial charge in [-0.05, 0) is 36.9 Å². The molecule has 0 aliphatic heterocycles. The van der Waals surface area contributed by atoms with Gasteiger partial charge < -0.3 is 10.2 Å². The van der Waals surface area contributed by atoms with Gasteiger partial charge in [0.05, 0.1) is 4.90 Å². The molecule has 0 fully saturated rings. The Morgan fingerprint density at radius 2 is 1.95 bits per heavy atom. The summed E-state index contributed by atoms with van der Waals surface area (Å²) in [4.78, 5) is 14.5. The van der Waals surface area contributed by atoms with E-state index < -0.39 is 11.6 Å². The van der Waals surface area contributed by atoms with Gasteiger partial charge in [0.25, 0.3) is 0 Å². The zero-order valence-corrected chi connectivity index (χ0v) is 12.7. The van der Waals surface area contributed by atoms with Crippen LogP contribution in [0.1, 0.15) is 6.92 Å². The second-order valence-electron chi connectivity index (χ2n) is 4.34. The van der Waals surface area contributed by atoms with Crippen molar-refractivity contribution in [2.24, 2.45) is 0 Å². The van der Waals surface area contributed by atoms with Crippen molar-refractivity contribution in [3.63, 3.8) is 0 Å². The zero-order chi connectivity index (χ0) is 15.4. The quantitative estimate of drug-likeness (QED) is 0.916. The van der Waals surface area contributed by atoms with Crippen molar-refractivity contribution < 1.29 is 8.78 Å². The number of hydrogen-bond donors (Lipinski definition) is 1. The number of nitrogens with zero attached hydrogens (tertiary/aromatic N) is 4. The average molecular weight is 311 g/mol. The molecule has 0 aliphatic carbocycles. The molecule has 1 aromatic carbocycles. The van der Waals surface area contributed by atoms with E-state index in [0.29, 0.717) is 23.6 Å². The highest BCUT2D eigenvalue weighted by Crippen LogP contribution is 2.29. The van der Waals surface area contributed by atoms with E-state index in [2.05, 4.69) is 20.3 Å². The highest BCUT2D eigenvalue weighted by atomic mass is 32.2. The molecule has 0 unspecified atom stereocenters. The Labute approximate surface area is 125 Å². The molecule has 0 atom stereocenters. The molecule has 112 valence electrons. The first-order chi connectivity index (χ1) is 9.99. The molecule has 2 rings (SSSR count). The summed E-state index contributed by atoms with van der Waals surface area (Å²) >= 11 is 0.956. The minimum atomic E-state index is -0.516. The van der Waals surface area contributed by atoms with Crippen LogP contribution in [0.2, 0.25) is 0 Å². The van der Waals surface area contributed by atoms with Crippen molar-refractivity contribution in [3.8, 4) is 0 Å². The van der Waals surface area contributed by atoms with Crippen LogP contribution in [-0.4, -0.2) is 35.6 Å². The minimum absolute atomic E-state index is 0.133. The van der Waals surface area contributed by atoms with Crippen molar-refractivity contribution in [2.45, 2.75) is 17.0 Å². The lowest BCUT2D eigenvalue weighted by atomic mass is 10.3. The SMILES string of the molecule is CCNc1nc(Sc2cc(F)ccc2F)nc(N(C)C)n1. The molecule has 0 spiro atoms. The molecule has 1 aromatic heterocycles. The Bertz CT molecular complexity index is 636.